The molecular weight excluding hydrogens is 486 g/mol. The van der Waals surface area contributed by atoms with Crippen molar-refractivity contribution in [2.24, 2.45) is 0 Å². The maximum atomic E-state index is 13.1. The van der Waals surface area contributed by atoms with Gasteiger partial charge < -0.3 is 9.84 Å². The lowest BCUT2D eigenvalue weighted by Crippen LogP contribution is -2.53. The lowest BCUT2D eigenvalue weighted by Gasteiger charge is -2.32. The van der Waals surface area contributed by atoms with Gasteiger partial charge in [-0.2, -0.15) is 26.3 Å². The van der Waals surface area contributed by atoms with Crippen LogP contribution in [0.4, 0.5) is 26.3 Å². The van der Waals surface area contributed by atoms with Gasteiger partial charge in [-0.25, -0.2) is 0 Å². The summed E-state index contributed by atoms with van der Waals surface area (Å²) in [5.74, 6) is 0.631. The normalized spacial score (nSPS) is 16.2. The molecule has 2 heterocycles. The van der Waals surface area contributed by atoms with Gasteiger partial charge in [0.15, 0.2) is 0 Å². The molecule has 0 unspecified atom stereocenters. The Morgan fingerprint density at radius 1 is 0.778 bits per heavy atom. The van der Waals surface area contributed by atoms with E-state index in [9.17, 15) is 31.4 Å². The van der Waals surface area contributed by atoms with Gasteiger partial charge >= 0.3 is 12.4 Å². The number of pyridine rings is 1. The fourth-order valence-corrected chi connectivity index (χ4v) is 4.24. The van der Waals surface area contributed by atoms with E-state index in [-0.39, 0.29) is 6.10 Å². The molecule has 0 aliphatic carbocycles. The molecule has 1 aliphatic rings. The van der Waals surface area contributed by atoms with Crippen LogP contribution in [-0.2, 0) is 12.1 Å². The molecule has 1 fully saturated rings. The van der Waals surface area contributed by atoms with E-state index in [1.54, 1.807) is 36.7 Å². The molecule has 192 valence electrons. The van der Waals surface area contributed by atoms with E-state index in [1.165, 1.54) is 5.56 Å². The first kappa shape index (κ1) is 26.0. The van der Waals surface area contributed by atoms with Crippen molar-refractivity contribution >= 4 is 0 Å². The Hall–Kier alpha value is -3.11. The van der Waals surface area contributed by atoms with Crippen LogP contribution in [0.25, 0.3) is 11.1 Å². The van der Waals surface area contributed by atoms with Crippen LogP contribution < -0.4 is 4.74 Å². The quantitative estimate of drug-likeness (QED) is 0.407. The first-order chi connectivity index (χ1) is 17.0. The molecule has 0 bridgehead atoms. The van der Waals surface area contributed by atoms with Crippen LogP contribution in [0.3, 0.4) is 0 Å². The molecular formula is C26H24F6N2O2. The van der Waals surface area contributed by atoms with Crippen LogP contribution in [-0.4, -0.2) is 46.5 Å². The molecule has 4 nitrogen and oxygen atoms in total. The van der Waals surface area contributed by atoms with Crippen molar-refractivity contribution in [3.05, 3.63) is 84.2 Å². The molecule has 0 radical (unpaired) electrons. The fourth-order valence-electron chi connectivity index (χ4n) is 4.24. The van der Waals surface area contributed by atoms with Crippen molar-refractivity contribution in [1.82, 2.24) is 9.88 Å². The summed E-state index contributed by atoms with van der Waals surface area (Å²) in [5.41, 5.74) is -4.04. The smallest absolute Gasteiger partial charge is 0.430 e. The molecule has 1 aliphatic heterocycles. The predicted octanol–water partition coefficient (Wildman–Crippen LogP) is 6.10. The summed E-state index contributed by atoms with van der Waals surface area (Å²) < 4.78 is 84.5. The lowest BCUT2D eigenvalue weighted by atomic mass is 9.90. The van der Waals surface area contributed by atoms with Gasteiger partial charge in [-0.15, -0.1) is 0 Å². The molecule has 1 aromatic heterocycles. The summed E-state index contributed by atoms with van der Waals surface area (Å²) in [5, 5.41) is 9.53. The summed E-state index contributed by atoms with van der Waals surface area (Å²) in [6.45, 7) is 2.63. The van der Waals surface area contributed by atoms with E-state index >= 15 is 0 Å². The zero-order chi connectivity index (χ0) is 26.0. The highest BCUT2D eigenvalue weighted by molar-refractivity contribution is 5.64. The minimum absolute atomic E-state index is 0.0474. The van der Waals surface area contributed by atoms with Crippen LogP contribution in [0.2, 0.25) is 0 Å². The number of aliphatic hydroxyl groups is 1. The number of likely N-dealkylation sites (tertiary alicyclic amines) is 1. The van der Waals surface area contributed by atoms with Gasteiger partial charge in [0.25, 0.3) is 5.60 Å². The molecule has 0 spiro atoms. The van der Waals surface area contributed by atoms with Gasteiger partial charge in [-0.1, -0.05) is 36.4 Å². The SMILES string of the molecule is OC(c1ccc(-c2ccc(OC3CCN(Cc4ccncc4)CC3)cc2)cc1)(C(F)(F)F)C(F)(F)F. The zero-order valence-electron chi connectivity index (χ0n) is 19.1. The molecule has 1 saturated heterocycles. The Balaban J connectivity index is 1.36. The van der Waals surface area contributed by atoms with Crippen molar-refractivity contribution in [3.63, 3.8) is 0 Å². The number of alkyl halides is 6. The van der Waals surface area contributed by atoms with Gasteiger partial charge in [0.1, 0.15) is 11.9 Å². The Morgan fingerprint density at radius 3 is 1.78 bits per heavy atom. The van der Waals surface area contributed by atoms with Crippen LogP contribution >= 0.6 is 0 Å². The topological polar surface area (TPSA) is 45.6 Å². The Kier molecular flexibility index (Phi) is 7.28. The third kappa shape index (κ3) is 5.49. The number of hydrogen-bond donors (Lipinski definition) is 1. The second-order valence-electron chi connectivity index (χ2n) is 8.76. The molecule has 2 aromatic carbocycles. The van der Waals surface area contributed by atoms with Crippen LogP contribution in [0, 0.1) is 0 Å². The van der Waals surface area contributed by atoms with Crippen molar-refractivity contribution in [2.45, 2.75) is 43.4 Å². The maximum absolute atomic E-state index is 13.1. The number of rotatable bonds is 6. The first-order valence-corrected chi connectivity index (χ1v) is 11.3. The van der Waals surface area contributed by atoms with Gasteiger partial charge in [0.05, 0.1) is 0 Å². The molecule has 0 atom stereocenters. The molecule has 4 rings (SSSR count). The average molecular weight is 510 g/mol. The Bertz CT molecular complexity index is 1110. The summed E-state index contributed by atoms with van der Waals surface area (Å²) in [6, 6.07) is 14.3. The minimum Gasteiger partial charge on any atom is -0.490 e. The highest BCUT2D eigenvalue weighted by Crippen LogP contribution is 2.50. The molecule has 3 aromatic rings. The van der Waals surface area contributed by atoms with Crippen molar-refractivity contribution in [2.75, 3.05) is 13.1 Å². The zero-order valence-corrected chi connectivity index (χ0v) is 19.1. The van der Waals surface area contributed by atoms with Crippen molar-refractivity contribution in [1.29, 1.82) is 0 Å². The van der Waals surface area contributed by atoms with Crippen LogP contribution in [0.15, 0.2) is 73.1 Å². The second-order valence-corrected chi connectivity index (χ2v) is 8.76. The van der Waals surface area contributed by atoms with Gasteiger partial charge in [-0.3, -0.25) is 9.88 Å². The number of benzene rings is 2. The number of nitrogens with zero attached hydrogens (tertiary/aromatic N) is 2. The van der Waals surface area contributed by atoms with Crippen molar-refractivity contribution in [3.8, 4) is 16.9 Å². The standard InChI is InChI=1S/C26H24F6N2O2/c27-25(28,29)24(35,26(30,31)32)21-5-1-19(2-6-21)20-3-7-22(8-4-20)36-23-11-15-34(16-12-23)17-18-9-13-33-14-10-18/h1-10,13-14,23,35H,11-12,15-17H2. The molecule has 1 N–H and O–H groups in total. The molecule has 10 heteroatoms. The third-order valence-corrected chi connectivity index (χ3v) is 6.30. The number of aromatic nitrogens is 1. The van der Waals surface area contributed by atoms with Crippen molar-refractivity contribution < 1.29 is 36.2 Å². The van der Waals surface area contributed by atoms with Gasteiger partial charge in [0.2, 0.25) is 0 Å². The average Bonchev–Trinajstić information content (AvgIpc) is 2.85. The number of halogens is 6. The molecule has 36 heavy (non-hydrogen) atoms. The monoisotopic (exact) mass is 510 g/mol. The number of piperidine rings is 1. The number of ether oxygens (including phenoxy) is 1. The highest BCUT2D eigenvalue weighted by atomic mass is 19.4. The molecule has 0 amide bonds. The van der Waals surface area contributed by atoms with Gasteiger partial charge in [0, 0.05) is 37.6 Å². The van der Waals surface area contributed by atoms with E-state index in [0.717, 1.165) is 44.6 Å². The minimum atomic E-state index is -5.92. The third-order valence-electron chi connectivity index (χ3n) is 6.30. The first-order valence-electron chi connectivity index (χ1n) is 11.3. The second kappa shape index (κ2) is 10.1. The Morgan fingerprint density at radius 2 is 1.28 bits per heavy atom. The van der Waals surface area contributed by atoms with E-state index < -0.39 is 23.5 Å². The van der Waals surface area contributed by atoms with Gasteiger partial charge in [-0.05, 0) is 53.8 Å². The van der Waals surface area contributed by atoms with E-state index in [4.69, 9.17) is 4.74 Å². The lowest BCUT2D eigenvalue weighted by molar-refractivity contribution is -0.376. The fraction of sp³-hybridized carbons (Fsp3) is 0.346. The van der Waals surface area contributed by atoms with Crippen LogP contribution in [0.1, 0.15) is 24.0 Å². The van der Waals surface area contributed by atoms with Crippen LogP contribution in [0.5, 0.6) is 5.75 Å². The van der Waals surface area contributed by atoms with E-state index in [2.05, 4.69) is 9.88 Å². The summed E-state index contributed by atoms with van der Waals surface area (Å²) in [6.07, 6.45) is -6.53. The molecule has 0 saturated carbocycles. The Labute approximate surface area is 204 Å². The summed E-state index contributed by atoms with van der Waals surface area (Å²) in [4.78, 5) is 6.37. The van der Waals surface area contributed by atoms with E-state index in [0.29, 0.717) is 29.0 Å². The maximum Gasteiger partial charge on any atom is 0.430 e. The predicted molar refractivity (Wildman–Crippen MR) is 121 cm³/mol. The largest absolute Gasteiger partial charge is 0.490 e. The summed E-state index contributed by atoms with van der Waals surface area (Å²) >= 11 is 0. The number of hydrogen-bond acceptors (Lipinski definition) is 4. The summed E-state index contributed by atoms with van der Waals surface area (Å²) in [7, 11) is 0. The van der Waals surface area contributed by atoms with E-state index in [1.807, 2.05) is 12.1 Å². The highest BCUT2D eigenvalue weighted by Gasteiger charge is 2.71.